The molecule has 2 bridgehead atoms. The van der Waals surface area contributed by atoms with Crippen molar-refractivity contribution in [3.8, 4) is 11.6 Å². The average molecular weight is 617 g/mol. The summed E-state index contributed by atoms with van der Waals surface area (Å²) in [5.74, 6) is 3.20. The summed E-state index contributed by atoms with van der Waals surface area (Å²) in [6, 6.07) is 20.1. The minimum atomic E-state index is -0.275. The number of carbonyl (C=O) groups is 1. The maximum Gasteiger partial charge on any atom is 0.249 e. The molecule has 0 spiro atoms. The molecule has 5 aliphatic heterocycles. The van der Waals surface area contributed by atoms with Gasteiger partial charge in [-0.1, -0.05) is 24.3 Å². The molecule has 1 amide bonds. The van der Waals surface area contributed by atoms with E-state index in [4.69, 9.17) is 9.47 Å². The molecule has 0 radical (unpaired) electrons. The molecule has 46 heavy (non-hydrogen) atoms. The summed E-state index contributed by atoms with van der Waals surface area (Å²) >= 11 is 0. The average Bonchev–Trinajstić information content (AvgIpc) is 3.78. The number of methoxy groups -OCH3 is 1. The van der Waals surface area contributed by atoms with Gasteiger partial charge in [0.05, 0.1) is 18.7 Å². The fraction of sp³-hybridized carbons (Fsp3) is 0.405. The summed E-state index contributed by atoms with van der Waals surface area (Å²) < 4.78 is 12.4. The minimum Gasteiger partial charge on any atom is -0.497 e. The predicted molar refractivity (Wildman–Crippen MR) is 178 cm³/mol. The van der Waals surface area contributed by atoms with Crippen LogP contribution in [0.1, 0.15) is 42.9 Å². The smallest absolute Gasteiger partial charge is 0.249 e. The second-order valence-electron chi connectivity index (χ2n) is 13.0. The summed E-state index contributed by atoms with van der Waals surface area (Å²) in [7, 11) is 1.69. The van der Waals surface area contributed by atoms with Crippen molar-refractivity contribution >= 4 is 28.3 Å². The molecular weight excluding hydrogens is 576 g/mol. The van der Waals surface area contributed by atoms with E-state index in [0.717, 1.165) is 79.8 Å². The Kier molecular flexibility index (Phi) is 7.56. The Morgan fingerprint density at radius 2 is 1.96 bits per heavy atom. The third-order valence-corrected chi connectivity index (χ3v) is 10.7. The highest BCUT2D eigenvalue weighted by molar-refractivity contribution is 6.00. The van der Waals surface area contributed by atoms with Crippen LogP contribution < -0.4 is 19.3 Å². The number of hydrogen-bond acceptors (Lipinski definition) is 8. The van der Waals surface area contributed by atoms with E-state index in [2.05, 4.69) is 61.9 Å². The second-order valence-corrected chi connectivity index (χ2v) is 13.0. The molecule has 2 aromatic carbocycles. The Bertz CT molecular complexity index is 1760. The zero-order valence-corrected chi connectivity index (χ0v) is 26.3. The number of para-hydroxylation sites is 1. The van der Waals surface area contributed by atoms with Crippen LogP contribution >= 0.6 is 0 Å². The molecule has 0 saturated carbocycles. The van der Waals surface area contributed by atoms with Crippen LogP contribution in [0.3, 0.4) is 0 Å². The molecule has 2 aromatic heterocycles. The Morgan fingerprint density at radius 1 is 1.04 bits per heavy atom. The van der Waals surface area contributed by atoms with Gasteiger partial charge in [0, 0.05) is 48.5 Å². The molecule has 9 rings (SSSR count). The Labute approximate surface area is 269 Å². The quantitative estimate of drug-likeness (QED) is 0.237. The van der Waals surface area contributed by atoms with Gasteiger partial charge in [0.25, 0.3) is 0 Å². The lowest BCUT2D eigenvalue weighted by Crippen LogP contribution is -2.55. The first kappa shape index (κ1) is 28.9. The van der Waals surface area contributed by atoms with Crippen molar-refractivity contribution < 1.29 is 14.3 Å². The zero-order valence-electron chi connectivity index (χ0n) is 26.3. The van der Waals surface area contributed by atoms with Gasteiger partial charge in [-0.3, -0.25) is 14.7 Å². The fourth-order valence-corrected chi connectivity index (χ4v) is 8.27. The third-order valence-electron chi connectivity index (χ3n) is 10.7. The van der Waals surface area contributed by atoms with E-state index in [1.165, 1.54) is 12.0 Å². The summed E-state index contributed by atoms with van der Waals surface area (Å²) in [6.07, 6.45) is 8.56. The predicted octanol–water partition coefficient (Wildman–Crippen LogP) is 5.61. The van der Waals surface area contributed by atoms with Crippen molar-refractivity contribution in [2.24, 2.45) is 11.8 Å². The molecule has 0 N–H and O–H groups in total. The normalized spacial score (nSPS) is 25.8. The number of piperidine rings is 3. The van der Waals surface area contributed by atoms with Gasteiger partial charge in [-0.2, -0.15) is 0 Å². The van der Waals surface area contributed by atoms with Gasteiger partial charge in [0.15, 0.2) is 5.82 Å². The van der Waals surface area contributed by atoms with E-state index in [-0.39, 0.29) is 24.1 Å². The van der Waals surface area contributed by atoms with Crippen molar-refractivity contribution in [1.29, 1.82) is 0 Å². The standard InChI is InChI=1S/C37H40N6O3/c1-3-24-23-41-19-15-26(24)21-33(41)36(28-14-17-38-30-11-10-27(45-2)22-29(28)30)46-35-13-12-34(39-40-35)42-18-6-9-32(42)37(44)43-20-16-25-7-4-5-8-31(25)43/h3-5,7-8,10-14,17,22,24,26,32-33,36H,1,6,9,15-16,18-21,23H2,2H3/t24?,26?,32-,33?,36+/m1/s1. The number of pyridine rings is 1. The maximum absolute atomic E-state index is 13.8. The third kappa shape index (κ3) is 5.07. The molecule has 4 fully saturated rings. The highest BCUT2D eigenvalue weighted by atomic mass is 16.5. The van der Waals surface area contributed by atoms with Gasteiger partial charge in [0.1, 0.15) is 17.9 Å². The summed E-state index contributed by atoms with van der Waals surface area (Å²) in [5, 5.41) is 10.3. The van der Waals surface area contributed by atoms with Crippen LogP contribution in [0.25, 0.3) is 10.9 Å². The van der Waals surface area contributed by atoms with Gasteiger partial charge in [-0.15, -0.1) is 16.8 Å². The van der Waals surface area contributed by atoms with Crippen LogP contribution in [0.4, 0.5) is 11.5 Å². The van der Waals surface area contributed by atoms with E-state index < -0.39 is 0 Å². The number of benzene rings is 2. The zero-order chi connectivity index (χ0) is 31.2. The van der Waals surface area contributed by atoms with Crippen molar-refractivity contribution in [2.45, 2.75) is 50.3 Å². The minimum absolute atomic E-state index is 0.142. The molecule has 9 nitrogen and oxygen atoms in total. The number of anilines is 2. The topological polar surface area (TPSA) is 83.9 Å². The van der Waals surface area contributed by atoms with Gasteiger partial charge < -0.3 is 19.3 Å². The van der Waals surface area contributed by atoms with Gasteiger partial charge in [0.2, 0.25) is 11.8 Å². The number of aromatic nitrogens is 3. The van der Waals surface area contributed by atoms with E-state index in [1.807, 2.05) is 47.5 Å². The molecule has 6 atom stereocenters. The first-order valence-electron chi connectivity index (χ1n) is 16.6. The molecule has 4 unspecified atom stereocenters. The van der Waals surface area contributed by atoms with Crippen molar-refractivity contribution in [3.63, 3.8) is 0 Å². The number of rotatable bonds is 8. The fourth-order valence-electron chi connectivity index (χ4n) is 8.27. The molecular formula is C37H40N6O3. The Hall–Kier alpha value is -4.50. The van der Waals surface area contributed by atoms with E-state index in [1.54, 1.807) is 7.11 Å². The largest absolute Gasteiger partial charge is 0.497 e. The first-order chi connectivity index (χ1) is 22.6. The van der Waals surface area contributed by atoms with E-state index in [9.17, 15) is 4.79 Å². The molecule has 0 aliphatic carbocycles. The number of nitrogens with zero attached hydrogens (tertiary/aromatic N) is 6. The number of carbonyl (C=O) groups excluding carboxylic acids is 1. The Balaban J connectivity index is 1.08. The molecule has 5 aliphatic rings. The van der Waals surface area contributed by atoms with Gasteiger partial charge in [-0.25, -0.2) is 0 Å². The van der Waals surface area contributed by atoms with Crippen LogP contribution in [-0.2, 0) is 11.2 Å². The number of hydrogen-bond donors (Lipinski definition) is 0. The molecule has 236 valence electrons. The lowest BCUT2D eigenvalue weighted by atomic mass is 9.73. The number of ether oxygens (including phenoxy) is 2. The van der Waals surface area contributed by atoms with Gasteiger partial charge >= 0.3 is 0 Å². The first-order valence-corrected chi connectivity index (χ1v) is 16.6. The SMILES string of the molecule is C=CC1CN2CCC1CC2[C@@H](Oc1ccc(N2CCC[C@@H]2C(=O)N2CCc3ccccc32)nn1)c1ccnc2ccc(OC)cc12. The molecule has 7 heterocycles. The van der Waals surface area contributed by atoms with Crippen LogP contribution in [0, 0.1) is 11.8 Å². The van der Waals surface area contributed by atoms with Crippen LogP contribution in [0.2, 0.25) is 0 Å². The van der Waals surface area contributed by atoms with E-state index >= 15 is 0 Å². The molecule has 9 heteroatoms. The van der Waals surface area contributed by atoms with Gasteiger partial charge in [-0.05, 0) is 92.4 Å². The Morgan fingerprint density at radius 3 is 2.76 bits per heavy atom. The highest BCUT2D eigenvalue weighted by Gasteiger charge is 2.44. The number of amides is 1. The number of fused-ring (bicyclic) bond motifs is 5. The van der Waals surface area contributed by atoms with Crippen LogP contribution in [0.5, 0.6) is 11.6 Å². The van der Waals surface area contributed by atoms with Crippen molar-refractivity contribution in [1.82, 2.24) is 20.1 Å². The monoisotopic (exact) mass is 616 g/mol. The lowest BCUT2D eigenvalue weighted by molar-refractivity contribution is -0.119. The molecule has 4 saturated heterocycles. The van der Waals surface area contributed by atoms with Crippen LogP contribution in [0.15, 0.2) is 79.5 Å². The van der Waals surface area contributed by atoms with Crippen molar-refractivity contribution in [2.75, 3.05) is 43.1 Å². The van der Waals surface area contributed by atoms with Crippen molar-refractivity contribution in [3.05, 3.63) is 90.6 Å². The highest BCUT2D eigenvalue weighted by Crippen LogP contribution is 2.44. The van der Waals surface area contributed by atoms with E-state index in [0.29, 0.717) is 23.5 Å². The lowest BCUT2D eigenvalue weighted by Gasteiger charge is -2.51. The molecule has 4 aromatic rings. The second kappa shape index (κ2) is 12.0. The summed E-state index contributed by atoms with van der Waals surface area (Å²) in [6.45, 7) is 7.66. The maximum atomic E-state index is 13.8. The summed E-state index contributed by atoms with van der Waals surface area (Å²) in [5.41, 5.74) is 4.24. The van der Waals surface area contributed by atoms with Crippen LogP contribution in [-0.4, -0.2) is 71.4 Å². The summed E-state index contributed by atoms with van der Waals surface area (Å²) in [4.78, 5) is 25.0.